The number of benzene rings is 1. The van der Waals surface area contributed by atoms with E-state index >= 15 is 0 Å². The summed E-state index contributed by atoms with van der Waals surface area (Å²) >= 11 is 0. The summed E-state index contributed by atoms with van der Waals surface area (Å²) in [6.45, 7) is 0.140. The molecule has 2 aromatic heterocycles. The highest BCUT2D eigenvalue weighted by Crippen LogP contribution is 2.22. The fourth-order valence-electron chi connectivity index (χ4n) is 2.72. The molecule has 0 bridgehead atoms. The highest BCUT2D eigenvalue weighted by atomic mass is 32.2. The van der Waals surface area contributed by atoms with Crippen LogP contribution in [0.2, 0.25) is 0 Å². The van der Waals surface area contributed by atoms with Crippen LogP contribution in [-0.2, 0) is 21.2 Å². The van der Waals surface area contributed by atoms with E-state index in [1.165, 1.54) is 24.3 Å². The Balaban J connectivity index is 1.28. The molecule has 30 heavy (non-hydrogen) atoms. The number of ether oxygens (including phenoxy) is 1. The largest absolute Gasteiger partial charge is 0.462 e. The molecule has 0 atom stereocenters. The van der Waals surface area contributed by atoms with Gasteiger partial charge in [-0.3, -0.25) is 4.98 Å². The molecule has 4 rings (SSSR count). The van der Waals surface area contributed by atoms with Gasteiger partial charge in [0, 0.05) is 30.4 Å². The molecule has 1 aliphatic carbocycles. The molecule has 0 aliphatic heterocycles. The van der Waals surface area contributed by atoms with Gasteiger partial charge in [0.25, 0.3) is 0 Å². The van der Waals surface area contributed by atoms with Crippen LogP contribution in [0.4, 0.5) is 0 Å². The minimum absolute atomic E-state index is 0.00558. The third-order valence-corrected chi connectivity index (χ3v) is 5.95. The Labute approximate surface area is 173 Å². The van der Waals surface area contributed by atoms with Crippen LogP contribution in [0.25, 0.3) is 11.4 Å². The summed E-state index contributed by atoms with van der Waals surface area (Å²) in [6, 6.07) is 9.44. The first-order chi connectivity index (χ1) is 14.5. The molecular weight excluding hydrogens is 408 g/mol. The molecule has 1 fully saturated rings. The fourth-order valence-corrected chi connectivity index (χ4v) is 4.07. The van der Waals surface area contributed by atoms with E-state index in [-0.39, 0.29) is 23.1 Å². The van der Waals surface area contributed by atoms with Gasteiger partial charge in [0.1, 0.15) is 0 Å². The molecule has 1 N–H and O–H groups in total. The van der Waals surface area contributed by atoms with Gasteiger partial charge in [-0.15, -0.1) is 0 Å². The van der Waals surface area contributed by atoms with Crippen molar-refractivity contribution in [2.24, 2.45) is 0 Å². The van der Waals surface area contributed by atoms with Crippen LogP contribution in [-0.4, -0.2) is 42.2 Å². The van der Waals surface area contributed by atoms with E-state index in [1.807, 2.05) is 6.07 Å². The van der Waals surface area contributed by atoms with Crippen LogP contribution in [0.3, 0.4) is 0 Å². The van der Waals surface area contributed by atoms with Crippen LogP contribution >= 0.6 is 0 Å². The lowest BCUT2D eigenvalue weighted by atomic mass is 10.2. The van der Waals surface area contributed by atoms with Crippen molar-refractivity contribution in [1.29, 1.82) is 0 Å². The number of hydrogen-bond donors (Lipinski definition) is 1. The lowest BCUT2D eigenvalue weighted by Gasteiger charge is -2.08. The molecule has 2 heterocycles. The molecule has 0 unspecified atom stereocenters. The zero-order valence-corrected chi connectivity index (χ0v) is 16.8. The number of nitrogens with one attached hydrogen (secondary N) is 1. The Kier molecular flexibility index (Phi) is 5.86. The van der Waals surface area contributed by atoms with Gasteiger partial charge in [0.15, 0.2) is 0 Å². The zero-order chi connectivity index (χ0) is 21.0. The highest BCUT2D eigenvalue weighted by molar-refractivity contribution is 7.89. The number of esters is 1. The van der Waals surface area contributed by atoms with Gasteiger partial charge in [-0.25, -0.2) is 17.9 Å². The molecule has 9 nitrogen and oxygen atoms in total. The molecule has 3 aromatic rings. The number of carbonyl (C=O) groups is 1. The van der Waals surface area contributed by atoms with Crippen LogP contribution in [0.5, 0.6) is 0 Å². The number of carbonyl (C=O) groups excluding carboxylic acids is 1. The van der Waals surface area contributed by atoms with Crippen molar-refractivity contribution in [3.05, 3.63) is 60.2 Å². The second kappa shape index (κ2) is 8.72. The maximum atomic E-state index is 12.3. The summed E-state index contributed by atoms with van der Waals surface area (Å²) in [5.74, 6) is 0.303. The maximum absolute atomic E-state index is 12.3. The van der Waals surface area contributed by atoms with Gasteiger partial charge in [0.2, 0.25) is 21.7 Å². The topological polar surface area (TPSA) is 124 Å². The van der Waals surface area contributed by atoms with E-state index in [0.29, 0.717) is 24.6 Å². The van der Waals surface area contributed by atoms with Crippen LogP contribution in [0, 0.1) is 0 Å². The van der Waals surface area contributed by atoms with Crippen LogP contribution < -0.4 is 4.72 Å². The molecule has 10 heteroatoms. The second-order valence-corrected chi connectivity index (χ2v) is 8.63. The van der Waals surface area contributed by atoms with Gasteiger partial charge in [-0.1, -0.05) is 11.2 Å². The number of pyridine rings is 1. The quantitative estimate of drug-likeness (QED) is 0.407. The predicted molar refractivity (Wildman–Crippen MR) is 106 cm³/mol. The minimum atomic E-state index is -3.62. The zero-order valence-electron chi connectivity index (χ0n) is 16.0. The lowest BCUT2D eigenvalue weighted by molar-refractivity contribution is 0.0498. The van der Waals surface area contributed by atoms with Gasteiger partial charge in [-0.05, 0) is 49.6 Å². The van der Waals surface area contributed by atoms with Crippen molar-refractivity contribution in [2.75, 3.05) is 6.61 Å². The molecule has 1 saturated carbocycles. The van der Waals surface area contributed by atoms with Gasteiger partial charge >= 0.3 is 5.97 Å². The molecule has 0 spiro atoms. The summed E-state index contributed by atoms with van der Waals surface area (Å²) in [5, 5.41) is 3.91. The summed E-state index contributed by atoms with van der Waals surface area (Å²) in [5.41, 5.74) is 0.940. The third-order valence-electron chi connectivity index (χ3n) is 4.44. The number of aromatic nitrogens is 3. The average molecular weight is 428 g/mol. The van der Waals surface area contributed by atoms with Crippen molar-refractivity contribution >= 4 is 16.0 Å². The summed E-state index contributed by atoms with van der Waals surface area (Å²) in [7, 11) is -3.62. The minimum Gasteiger partial charge on any atom is -0.462 e. The van der Waals surface area contributed by atoms with Crippen molar-refractivity contribution in [2.45, 2.75) is 36.6 Å². The first-order valence-electron chi connectivity index (χ1n) is 9.54. The molecule has 0 radical (unpaired) electrons. The van der Waals surface area contributed by atoms with E-state index < -0.39 is 16.0 Å². The van der Waals surface area contributed by atoms with Crippen molar-refractivity contribution in [3.63, 3.8) is 0 Å². The SMILES string of the molecule is O=C(OCCCc1nc(-c2cccnc2)no1)c1cccc(S(=O)(=O)NC2CC2)c1. The normalized spacial score (nSPS) is 13.9. The van der Waals surface area contributed by atoms with E-state index in [9.17, 15) is 13.2 Å². The molecule has 156 valence electrons. The number of aryl methyl sites for hydroxylation is 1. The van der Waals surface area contributed by atoms with Crippen LogP contribution in [0.1, 0.15) is 35.5 Å². The van der Waals surface area contributed by atoms with Crippen molar-refractivity contribution in [1.82, 2.24) is 19.8 Å². The van der Waals surface area contributed by atoms with E-state index in [2.05, 4.69) is 19.8 Å². The molecule has 0 saturated heterocycles. The first-order valence-corrected chi connectivity index (χ1v) is 11.0. The standard InChI is InChI=1S/C20H20N4O5S/c25-20(14-4-1-6-17(12-14)30(26,27)24-16-8-9-16)28-11-3-7-18-22-19(23-29-18)15-5-2-10-21-13-15/h1-2,4-6,10,12-13,16,24H,3,7-9,11H2. The monoisotopic (exact) mass is 428 g/mol. The summed E-state index contributed by atoms with van der Waals surface area (Å²) in [6.07, 6.45) is 5.91. The average Bonchev–Trinajstić information content (AvgIpc) is 3.44. The second-order valence-electron chi connectivity index (χ2n) is 6.92. The first kappa shape index (κ1) is 20.2. The molecule has 1 aliphatic rings. The number of sulfonamides is 1. The third kappa shape index (κ3) is 5.08. The molecule has 0 amide bonds. The number of nitrogens with zero attached hydrogens (tertiary/aromatic N) is 3. The summed E-state index contributed by atoms with van der Waals surface area (Å²) < 4.78 is 37.6. The van der Waals surface area contributed by atoms with E-state index in [0.717, 1.165) is 18.4 Å². The van der Waals surface area contributed by atoms with Gasteiger partial charge < -0.3 is 9.26 Å². The highest BCUT2D eigenvalue weighted by Gasteiger charge is 2.28. The van der Waals surface area contributed by atoms with Crippen molar-refractivity contribution < 1.29 is 22.5 Å². The Morgan fingerprint density at radius 2 is 2.10 bits per heavy atom. The Morgan fingerprint density at radius 3 is 2.87 bits per heavy atom. The fraction of sp³-hybridized carbons (Fsp3) is 0.300. The lowest BCUT2D eigenvalue weighted by Crippen LogP contribution is -2.25. The maximum Gasteiger partial charge on any atom is 0.338 e. The van der Waals surface area contributed by atoms with Crippen LogP contribution in [0.15, 0.2) is 58.2 Å². The van der Waals surface area contributed by atoms with E-state index in [4.69, 9.17) is 9.26 Å². The Hall–Kier alpha value is -3.11. The van der Waals surface area contributed by atoms with E-state index in [1.54, 1.807) is 18.5 Å². The Morgan fingerprint density at radius 1 is 1.23 bits per heavy atom. The smallest absolute Gasteiger partial charge is 0.338 e. The molecule has 1 aromatic carbocycles. The number of rotatable bonds is 9. The van der Waals surface area contributed by atoms with Crippen molar-refractivity contribution in [3.8, 4) is 11.4 Å². The van der Waals surface area contributed by atoms with Gasteiger partial charge in [0.05, 0.1) is 17.1 Å². The number of hydrogen-bond acceptors (Lipinski definition) is 8. The molecular formula is C20H20N4O5S. The predicted octanol–water partition coefficient (Wildman–Crippen LogP) is 2.36. The van der Waals surface area contributed by atoms with Gasteiger partial charge in [-0.2, -0.15) is 4.98 Å². The Bertz CT molecular complexity index is 1130. The summed E-state index contributed by atoms with van der Waals surface area (Å²) in [4.78, 5) is 20.6.